The highest BCUT2D eigenvalue weighted by atomic mass is 32.2. The first-order valence-electron chi connectivity index (χ1n) is 11.5. The van der Waals surface area contributed by atoms with Crippen LogP contribution in [0, 0.1) is 0 Å². The lowest BCUT2D eigenvalue weighted by molar-refractivity contribution is -0.121. The van der Waals surface area contributed by atoms with Crippen LogP contribution in [0.25, 0.3) is 0 Å². The van der Waals surface area contributed by atoms with Gasteiger partial charge in [0.2, 0.25) is 15.9 Å². The van der Waals surface area contributed by atoms with Gasteiger partial charge in [0.1, 0.15) is 0 Å². The van der Waals surface area contributed by atoms with E-state index in [2.05, 4.69) is 4.72 Å². The van der Waals surface area contributed by atoms with E-state index in [0.29, 0.717) is 17.7 Å². The number of nitrogens with one attached hydrogen (secondary N) is 1. The fraction of sp³-hybridized carbons (Fsp3) is 0.259. The van der Waals surface area contributed by atoms with Crippen LogP contribution >= 0.6 is 0 Å². The van der Waals surface area contributed by atoms with Crippen molar-refractivity contribution in [2.75, 3.05) is 23.4 Å². The van der Waals surface area contributed by atoms with Crippen molar-refractivity contribution >= 4 is 33.2 Å². The summed E-state index contributed by atoms with van der Waals surface area (Å²) < 4.78 is 28.6. The zero-order valence-corrected chi connectivity index (χ0v) is 20.7. The minimum Gasteiger partial charge on any atom is -0.314 e. The summed E-state index contributed by atoms with van der Waals surface area (Å²) in [6, 6.07) is 19.6. The predicted molar refractivity (Wildman–Crippen MR) is 135 cm³/mol. The van der Waals surface area contributed by atoms with Crippen molar-refractivity contribution < 1.29 is 18.0 Å². The van der Waals surface area contributed by atoms with E-state index in [9.17, 15) is 18.0 Å². The van der Waals surface area contributed by atoms with Gasteiger partial charge in [-0.3, -0.25) is 9.59 Å². The fourth-order valence-electron chi connectivity index (χ4n) is 4.85. The second-order valence-electron chi connectivity index (χ2n) is 9.53. The van der Waals surface area contributed by atoms with Gasteiger partial charge in [-0.2, -0.15) is 0 Å². The first-order valence-corrected chi connectivity index (χ1v) is 13.0. The number of nitrogens with zero attached hydrogens (tertiary/aromatic N) is 2. The number of carbonyl (C=O) groups is 2. The van der Waals surface area contributed by atoms with Crippen molar-refractivity contribution in [3.8, 4) is 0 Å². The Bertz CT molecular complexity index is 1450. The van der Waals surface area contributed by atoms with E-state index < -0.39 is 15.4 Å². The summed E-state index contributed by atoms with van der Waals surface area (Å²) in [7, 11) is -2.10. The molecule has 7 nitrogen and oxygen atoms in total. The number of amides is 2. The summed E-state index contributed by atoms with van der Waals surface area (Å²) in [6.45, 7) is 4.33. The minimum absolute atomic E-state index is 0.0673. The molecule has 8 heteroatoms. The number of hydrogen-bond donors (Lipinski definition) is 1. The molecular weight excluding hydrogens is 462 g/mol. The van der Waals surface area contributed by atoms with E-state index >= 15 is 0 Å². The molecule has 5 rings (SSSR count). The summed E-state index contributed by atoms with van der Waals surface area (Å²) >= 11 is 0. The summed E-state index contributed by atoms with van der Waals surface area (Å²) in [5.41, 5.74) is 4.04. The normalized spacial score (nSPS) is 16.4. The average molecular weight is 490 g/mol. The highest BCUT2D eigenvalue weighted by molar-refractivity contribution is 7.89. The largest absolute Gasteiger partial charge is 0.314 e. The Morgan fingerprint density at radius 3 is 2.46 bits per heavy atom. The molecule has 2 aliphatic rings. The van der Waals surface area contributed by atoms with E-state index in [1.54, 1.807) is 67.1 Å². The number of fused-ring (bicyclic) bond motifs is 2. The molecule has 2 heterocycles. The van der Waals surface area contributed by atoms with Crippen LogP contribution < -0.4 is 14.5 Å². The third-order valence-corrected chi connectivity index (χ3v) is 8.35. The van der Waals surface area contributed by atoms with Crippen LogP contribution in [0.3, 0.4) is 0 Å². The van der Waals surface area contributed by atoms with Gasteiger partial charge in [0.05, 0.1) is 10.3 Å². The molecule has 180 valence electrons. The first kappa shape index (κ1) is 23.3. The van der Waals surface area contributed by atoms with Crippen LogP contribution in [0.4, 0.5) is 11.4 Å². The number of anilines is 2. The van der Waals surface area contributed by atoms with Gasteiger partial charge < -0.3 is 9.80 Å². The Hall–Kier alpha value is -3.49. The van der Waals surface area contributed by atoms with Gasteiger partial charge in [-0.05, 0) is 73.4 Å². The van der Waals surface area contributed by atoms with Crippen LogP contribution in [0.1, 0.15) is 40.9 Å². The Balaban J connectivity index is 1.29. The minimum atomic E-state index is -3.79. The molecule has 0 saturated carbocycles. The zero-order valence-electron chi connectivity index (χ0n) is 19.9. The third-order valence-electron chi connectivity index (χ3n) is 6.95. The fourth-order valence-corrected chi connectivity index (χ4v) is 5.89. The Kier molecular flexibility index (Phi) is 5.53. The van der Waals surface area contributed by atoms with E-state index in [1.165, 1.54) is 6.07 Å². The summed E-state index contributed by atoms with van der Waals surface area (Å²) in [5, 5.41) is 0. The molecule has 0 radical (unpaired) electrons. The standard InChI is InChI=1S/C27H27N3O4S/c1-27(2)22-16-21(12-13-24(22)29(3)26(27)32)35(33,34)28-17-18-8-10-20(11-9-18)25(31)30-15-14-19-6-4-5-7-23(19)30/h4-13,16,28H,14-15,17H2,1-3H3. The summed E-state index contributed by atoms with van der Waals surface area (Å²) in [6.07, 6.45) is 0.839. The lowest BCUT2D eigenvalue weighted by Crippen LogP contribution is -2.33. The van der Waals surface area contributed by atoms with Crippen LogP contribution in [-0.2, 0) is 33.2 Å². The van der Waals surface area contributed by atoms with Crippen LogP contribution in [0.15, 0.2) is 71.6 Å². The first-order chi connectivity index (χ1) is 16.6. The molecule has 0 saturated heterocycles. The van der Waals surface area contributed by atoms with Crippen molar-refractivity contribution in [3.05, 3.63) is 89.0 Å². The molecule has 2 amide bonds. The molecular formula is C27H27N3O4S. The van der Waals surface area contributed by atoms with Crippen molar-refractivity contribution in [2.45, 2.75) is 37.1 Å². The maximum Gasteiger partial charge on any atom is 0.258 e. The smallest absolute Gasteiger partial charge is 0.258 e. The van der Waals surface area contributed by atoms with E-state index in [4.69, 9.17) is 0 Å². The molecule has 3 aromatic rings. The molecule has 0 atom stereocenters. The maximum absolute atomic E-state index is 13.0. The molecule has 0 aliphatic carbocycles. The maximum atomic E-state index is 13.0. The number of benzene rings is 3. The topological polar surface area (TPSA) is 86.8 Å². The molecule has 2 aliphatic heterocycles. The van der Waals surface area contributed by atoms with Gasteiger partial charge in [0, 0.05) is 37.1 Å². The Labute approximate surface area is 205 Å². The van der Waals surface area contributed by atoms with Crippen LogP contribution in [-0.4, -0.2) is 33.8 Å². The Morgan fingerprint density at radius 2 is 1.71 bits per heavy atom. The second kappa shape index (κ2) is 8.32. The monoisotopic (exact) mass is 489 g/mol. The van der Waals surface area contributed by atoms with Crippen molar-refractivity contribution in [1.82, 2.24) is 4.72 Å². The van der Waals surface area contributed by atoms with Crippen molar-refractivity contribution in [1.29, 1.82) is 0 Å². The molecule has 0 spiro atoms. The molecule has 35 heavy (non-hydrogen) atoms. The molecule has 1 N–H and O–H groups in total. The quantitative estimate of drug-likeness (QED) is 0.593. The predicted octanol–water partition coefficient (Wildman–Crippen LogP) is 3.62. The number of likely N-dealkylation sites (N-methyl/N-ethyl adjacent to an activating group) is 1. The number of carbonyl (C=O) groups excluding carboxylic acids is 2. The SMILES string of the molecule is CN1C(=O)C(C)(C)c2cc(S(=O)(=O)NCc3ccc(C(=O)N4CCc5ccccc54)cc3)ccc21. The average Bonchev–Trinajstić information content (AvgIpc) is 3.36. The van der Waals surface area contributed by atoms with Gasteiger partial charge in [-0.25, -0.2) is 13.1 Å². The van der Waals surface area contributed by atoms with E-state index in [1.807, 2.05) is 24.3 Å². The Morgan fingerprint density at radius 1 is 1.00 bits per heavy atom. The molecule has 3 aromatic carbocycles. The molecule has 0 fully saturated rings. The number of sulfonamides is 1. The van der Waals surface area contributed by atoms with Gasteiger partial charge in [0.15, 0.2) is 0 Å². The highest BCUT2D eigenvalue weighted by Crippen LogP contribution is 2.41. The van der Waals surface area contributed by atoms with E-state index in [-0.39, 0.29) is 23.3 Å². The number of hydrogen-bond acceptors (Lipinski definition) is 4. The number of para-hydroxylation sites is 1. The van der Waals surface area contributed by atoms with Crippen LogP contribution in [0.2, 0.25) is 0 Å². The molecule has 0 unspecified atom stereocenters. The summed E-state index contributed by atoms with van der Waals surface area (Å²) in [4.78, 5) is 29.0. The summed E-state index contributed by atoms with van der Waals surface area (Å²) in [5.74, 6) is -0.135. The second-order valence-corrected chi connectivity index (χ2v) is 11.3. The lowest BCUT2D eigenvalue weighted by atomic mass is 9.86. The van der Waals surface area contributed by atoms with Crippen molar-refractivity contribution in [3.63, 3.8) is 0 Å². The van der Waals surface area contributed by atoms with Gasteiger partial charge in [-0.15, -0.1) is 0 Å². The van der Waals surface area contributed by atoms with Gasteiger partial charge in [-0.1, -0.05) is 30.3 Å². The lowest BCUT2D eigenvalue weighted by Gasteiger charge is -2.17. The molecule has 0 aromatic heterocycles. The van der Waals surface area contributed by atoms with Crippen LogP contribution in [0.5, 0.6) is 0 Å². The zero-order chi connectivity index (χ0) is 25.0. The third kappa shape index (κ3) is 3.92. The van der Waals surface area contributed by atoms with Gasteiger partial charge >= 0.3 is 0 Å². The van der Waals surface area contributed by atoms with Crippen molar-refractivity contribution in [2.24, 2.45) is 0 Å². The van der Waals surface area contributed by atoms with E-state index in [0.717, 1.165) is 28.9 Å². The number of rotatable bonds is 5. The molecule has 0 bridgehead atoms. The van der Waals surface area contributed by atoms with Gasteiger partial charge in [0.25, 0.3) is 5.91 Å². The highest BCUT2D eigenvalue weighted by Gasteiger charge is 2.42.